The minimum atomic E-state index is -2.96. The number of nitrogens with zero attached hydrogens (tertiary/aromatic N) is 1. The highest BCUT2D eigenvalue weighted by Crippen LogP contribution is 2.12. The number of carboxylic acid groups (broad SMARTS) is 1. The molecule has 0 aromatic heterocycles. The summed E-state index contributed by atoms with van der Waals surface area (Å²) in [5, 5.41) is 9.09. The molecule has 1 aliphatic heterocycles. The first-order valence-electron chi connectivity index (χ1n) is 5.63. The van der Waals surface area contributed by atoms with Crippen LogP contribution in [0, 0.1) is 0 Å². The molecule has 0 aliphatic carbocycles. The van der Waals surface area contributed by atoms with Gasteiger partial charge in [0.05, 0.1) is 11.5 Å². The van der Waals surface area contributed by atoms with Gasteiger partial charge in [-0.2, -0.15) is 0 Å². The van der Waals surface area contributed by atoms with E-state index in [-0.39, 0.29) is 11.5 Å². The van der Waals surface area contributed by atoms with E-state index in [9.17, 15) is 13.2 Å². The fourth-order valence-electron chi connectivity index (χ4n) is 2.01. The Morgan fingerprint density at radius 1 is 1.38 bits per heavy atom. The van der Waals surface area contributed by atoms with Crippen molar-refractivity contribution in [3.8, 4) is 0 Å². The summed E-state index contributed by atoms with van der Waals surface area (Å²) >= 11 is 0. The van der Waals surface area contributed by atoms with Crippen LogP contribution in [0.4, 0.5) is 0 Å². The minimum Gasteiger partial charge on any atom is -0.480 e. The lowest BCUT2D eigenvalue weighted by atomic mass is 10.1. The van der Waals surface area contributed by atoms with Gasteiger partial charge in [-0.25, -0.2) is 8.42 Å². The maximum absolute atomic E-state index is 11.4. The van der Waals surface area contributed by atoms with Crippen LogP contribution >= 0.6 is 0 Å². The van der Waals surface area contributed by atoms with Crippen molar-refractivity contribution in [2.75, 3.05) is 24.6 Å². The van der Waals surface area contributed by atoms with Crippen molar-refractivity contribution in [3.05, 3.63) is 0 Å². The van der Waals surface area contributed by atoms with Gasteiger partial charge in [0.25, 0.3) is 0 Å². The molecule has 1 fully saturated rings. The van der Waals surface area contributed by atoms with Crippen LogP contribution < -0.4 is 0 Å². The highest BCUT2D eigenvalue weighted by molar-refractivity contribution is 7.91. The second-order valence-corrected chi connectivity index (χ2v) is 6.49. The smallest absolute Gasteiger partial charge is 0.320 e. The Morgan fingerprint density at radius 2 is 2.06 bits per heavy atom. The first-order chi connectivity index (χ1) is 7.46. The number of carboxylic acids is 1. The van der Waals surface area contributed by atoms with Gasteiger partial charge < -0.3 is 5.11 Å². The molecule has 1 unspecified atom stereocenters. The Balaban J connectivity index is 2.68. The minimum absolute atomic E-state index is 0.0838. The lowest BCUT2D eigenvalue weighted by Crippen LogP contribution is -2.42. The molecule has 0 aromatic rings. The van der Waals surface area contributed by atoms with Crippen molar-refractivity contribution in [1.82, 2.24) is 4.90 Å². The topological polar surface area (TPSA) is 74.7 Å². The van der Waals surface area contributed by atoms with E-state index in [0.717, 1.165) is 6.42 Å². The Kier molecular flexibility index (Phi) is 4.73. The van der Waals surface area contributed by atoms with Crippen LogP contribution in [0.5, 0.6) is 0 Å². The van der Waals surface area contributed by atoms with Gasteiger partial charge in [0.2, 0.25) is 0 Å². The summed E-state index contributed by atoms with van der Waals surface area (Å²) in [4.78, 5) is 12.9. The molecular formula is C10H19NO4S. The van der Waals surface area contributed by atoms with Crippen LogP contribution in [0.15, 0.2) is 0 Å². The average Bonchev–Trinajstić information content (AvgIpc) is 2.35. The summed E-state index contributed by atoms with van der Waals surface area (Å²) in [6.45, 7) is 2.85. The molecule has 5 nitrogen and oxygen atoms in total. The van der Waals surface area contributed by atoms with E-state index in [4.69, 9.17) is 5.11 Å². The molecular weight excluding hydrogens is 230 g/mol. The highest BCUT2D eigenvalue weighted by atomic mass is 32.2. The highest BCUT2D eigenvalue weighted by Gasteiger charge is 2.28. The van der Waals surface area contributed by atoms with Crippen molar-refractivity contribution in [2.45, 2.75) is 32.2 Å². The monoisotopic (exact) mass is 249 g/mol. The van der Waals surface area contributed by atoms with Crippen LogP contribution in [0.25, 0.3) is 0 Å². The fourth-order valence-corrected chi connectivity index (χ4v) is 3.29. The molecule has 1 saturated heterocycles. The lowest BCUT2D eigenvalue weighted by molar-refractivity contribution is -0.143. The summed E-state index contributed by atoms with van der Waals surface area (Å²) in [7, 11) is -2.96. The Morgan fingerprint density at radius 3 is 2.62 bits per heavy atom. The van der Waals surface area contributed by atoms with E-state index in [1.165, 1.54) is 0 Å². The SMILES string of the molecule is CCCC(C(=O)O)N1CCCS(=O)(=O)CC1. The lowest BCUT2D eigenvalue weighted by Gasteiger charge is -2.26. The molecule has 0 spiro atoms. The zero-order valence-corrected chi connectivity index (χ0v) is 10.4. The summed E-state index contributed by atoms with van der Waals surface area (Å²) in [6.07, 6.45) is 1.91. The molecule has 0 aromatic carbocycles. The molecule has 1 heterocycles. The largest absolute Gasteiger partial charge is 0.480 e. The van der Waals surface area contributed by atoms with E-state index in [2.05, 4.69) is 0 Å². The molecule has 1 N–H and O–H groups in total. The van der Waals surface area contributed by atoms with Crippen LogP contribution in [0.2, 0.25) is 0 Å². The van der Waals surface area contributed by atoms with Crippen LogP contribution in [-0.2, 0) is 14.6 Å². The van der Waals surface area contributed by atoms with E-state index in [1.54, 1.807) is 4.90 Å². The molecule has 0 amide bonds. The molecule has 16 heavy (non-hydrogen) atoms. The molecule has 1 atom stereocenters. The predicted octanol–water partition coefficient (Wildman–Crippen LogP) is 0.360. The van der Waals surface area contributed by atoms with Gasteiger partial charge >= 0.3 is 5.97 Å². The summed E-state index contributed by atoms with van der Waals surface area (Å²) < 4.78 is 22.8. The first kappa shape index (κ1) is 13.4. The average molecular weight is 249 g/mol. The fraction of sp³-hybridized carbons (Fsp3) is 0.900. The van der Waals surface area contributed by atoms with Crippen LogP contribution in [-0.4, -0.2) is 55.0 Å². The Bertz CT molecular complexity index is 339. The molecule has 1 rings (SSSR count). The van der Waals surface area contributed by atoms with Gasteiger partial charge in [-0.3, -0.25) is 9.69 Å². The van der Waals surface area contributed by atoms with Crippen molar-refractivity contribution < 1.29 is 18.3 Å². The van der Waals surface area contributed by atoms with Crippen molar-refractivity contribution >= 4 is 15.8 Å². The Labute approximate surface area is 96.4 Å². The maximum atomic E-state index is 11.4. The van der Waals surface area contributed by atoms with Gasteiger partial charge in [0.15, 0.2) is 9.84 Å². The normalized spacial score (nSPS) is 23.6. The first-order valence-corrected chi connectivity index (χ1v) is 7.45. The van der Waals surface area contributed by atoms with E-state index in [0.29, 0.717) is 25.9 Å². The zero-order chi connectivity index (χ0) is 12.2. The van der Waals surface area contributed by atoms with Gasteiger partial charge in [-0.1, -0.05) is 13.3 Å². The van der Waals surface area contributed by atoms with Crippen molar-refractivity contribution in [2.24, 2.45) is 0 Å². The third-order valence-corrected chi connectivity index (χ3v) is 4.59. The van der Waals surface area contributed by atoms with Crippen LogP contribution in [0.3, 0.4) is 0 Å². The molecule has 0 radical (unpaired) electrons. The number of hydrogen-bond donors (Lipinski definition) is 1. The Hall–Kier alpha value is -0.620. The number of hydrogen-bond acceptors (Lipinski definition) is 4. The van der Waals surface area contributed by atoms with Crippen molar-refractivity contribution in [3.63, 3.8) is 0 Å². The van der Waals surface area contributed by atoms with E-state index >= 15 is 0 Å². The van der Waals surface area contributed by atoms with Gasteiger partial charge in [0, 0.05) is 6.54 Å². The molecule has 1 aliphatic rings. The summed E-state index contributed by atoms with van der Waals surface area (Å²) in [5.41, 5.74) is 0. The van der Waals surface area contributed by atoms with E-state index in [1.807, 2.05) is 6.92 Å². The summed E-state index contributed by atoms with van der Waals surface area (Å²) in [6, 6.07) is -0.529. The maximum Gasteiger partial charge on any atom is 0.320 e. The van der Waals surface area contributed by atoms with Gasteiger partial charge in [0.1, 0.15) is 6.04 Å². The number of rotatable bonds is 4. The number of aliphatic carboxylic acids is 1. The van der Waals surface area contributed by atoms with Crippen molar-refractivity contribution in [1.29, 1.82) is 0 Å². The third-order valence-electron chi connectivity index (χ3n) is 2.88. The number of carbonyl (C=O) groups is 1. The second kappa shape index (κ2) is 5.63. The molecule has 0 bridgehead atoms. The van der Waals surface area contributed by atoms with Gasteiger partial charge in [-0.15, -0.1) is 0 Å². The predicted molar refractivity (Wildman–Crippen MR) is 61.2 cm³/mol. The standard InChI is InChI=1S/C10H19NO4S/c1-2-4-9(10(12)13)11-5-3-7-16(14,15)8-6-11/h9H,2-8H2,1H3,(H,12,13). The molecule has 94 valence electrons. The quantitative estimate of drug-likeness (QED) is 0.778. The van der Waals surface area contributed by atoms with Crippen LogP contribution in [0.1, 0.15) is 26.2 Å². The summed E-state index contributed by atoms with van der Waals surface area (Å²) in [5.74, 6) is -0.580. The number of sulfone groups is 1. The van der Waals surface area contributed by atoms with E-state index < -0.39 is 21.8 Å². The molecule has 6 heteroatoms. The molecule has 0 saturated carbocycles. The second-order valence-electron chi connectivity index (χ2n) is 4.18. The zero-order valence-electron chi connectivity index (χ0n) is 9.55. The third kappa shape index (κ3) is 3.75. The van der Waals surface area contributed by atoms with Gasteiger partial charge in [-0.05, 0) is 19.4 Å².